The van der Waals surface area contributed by atoms with Crippen LogP contribution < -0.4 is 0 Å². The van der Waals surface area contributed by atoms with Crippen molar-refractivity contribution in [3.8, 4) is 0 Å². The Morgan fingerprint density at radius 1 is 1.10 bits per heavy atom. The van der Waals surface area contributed by atoms with Gasteiger partial charge in [-0.25, -0.2) is 0 Å². The summed E-state index contributed by atoms with van der Waals surface area (Å²) in [4.78, 5) is 0. The maximum Gasteiger partial charge on any atom is -0.0149 e. The standard InChI is InChI=1S/C9H18.H4Si/c1-3-5-7-9-8-6-4-2;/h3H,1,4-9H2,2H3;1H4. The van der Waals surface area contributed by atoms with Gasteiger partial charge >= 0.3 is 0 Å². The summed E-state index contributed by atoms with van der Waals surface area (Å²) in [5.41, 5.74) is 0. The van der Waals surface area contributed by atoms with E-state index in [0.717, 1.165) is 0 Å². The molecule has 0 amide bonds. The first-order chi connectivity index (χ1) is 4.41. The van der Waals surface area contributed by atoms with Gasteiger partial charge in [0, 0.05) is 0 Å². The Morgan fingerprint density at radius 2 is 1.70 bits per heavy atom. The predicted octanol–water partition coefficient (Wildman–Crippen LogP) is 2.08. The molecule has 0 aliphatic heterocycles. The second-order valence-electron chi connectivity index (χ2n) is 2.49. The highest BCUT2D eigenvalue weighted by Gasteiger charge is 1.84. The summed E-state index contributed by atoms with van der Waals surface area (Å²) in [5.74, 6) is 0. The van der Waals surface area contributed by atoms with Crippen LogP contribution in [0.25, 0.3) is 0 Å². The molecule has 0 saturated carbocycles. The molecule has 0 aliphatic rings. The third kappa shape index (κ3) is 10.9. The van der Waals surface area contributed by atoms with Gasteiger partial charge in [-0.15, -0.1) is 6.58 Å². The largest absolute Gasteiger partial charge is 0.103 e. The number of unbranched alkanes of at least 4 members (excludes halogenated alkanes) is 5. The van der Waals surface area contributed by atoms with Crippen LogP contribution in [0.3, 0.4) is 0 Å². The Balaban J connectivity index is 0. The molecular weight excluding hydrogens is 136 g/mol. The van der Waals surface area contributed by atoms with Crippen molar-refractivity contribution < 1.29 is 0 Å². The molecule has 0 aromatic rings. The molecule has 1 heteroatoms. The lowest BCUT2D eigenvalue weighted by molar-refractivity contribution is 0.638. The highest BCUT2D eigenvalue weighted by molar-refractivity contribution is 5.75. The first-order valence-corrected chi connectivity index (χ1v) is 4.02. The van der Waals surface area contributed by atoms with Gasteiger partial charge in [-0.05, 0) is 23.8 Å². The molecule has 0 aliphatic carbocycles. The van der Waals surface area contributed by atoms with Gasteiger partial charge in [-0.2, -0.15) is 0 Å². The lowest BCUT2D eigenvalue weighted by Gasteiger charge is -1.94. The van der Waals surface area contributed by atoms with E-state index in [2.05, 4.69) is 13.5 Å². The van der Waals surface area contributed by atoms with Crippen LogP contribution in [0, 0.1) is 0 Å². The summed E-state index contributed by atoms with van der Waals surface area (Å²) in [7, 11) is 0. The molecule has 0 nitrogen and oxygen atoms in total. The van der Waals surface area contributed by atoms with E-state index in [1.54, 1.807) is 0 Å². The van der Waals surface area contributed by atoms with Crippen molar-refractivity contribution in [1.29, 1.82) is 0 Å². The van der Waals surface area contributed by atoms with Crippen molar-refractivity contribution in [2.45, 2.75) is 45.4 Å². The maximum absolute atomic E-state index is 3.68. The maximum atomic E-state index is 3.68. The Hall–Kier alpha value is -0.0431. The van der Waals surface area contributed by atoms with Gasteiger partial charge in [-0.1, -0.05) is 38.7 Å². The summed E-state index contributed by atoms with van der Waals surface area (Å²) in [6.07, 6.45) is 10.1. The molecule has 62 valence electrons. The monoisotopic (exact) mass is 158 g/mol. The van der Waals surface area contributed by atoms with Crippen LogP contribution in [0.1, 0.15) is 45.4 Å². The van der Waals surface area contributed by atoms with Gasteiger partial charge in [0.25, 0.3) is 0 Å². The number of rotatable bonds is 6. The third-order valence-electron chi connectivity index (χ3n) is 1.51. The predicted molar refractivity (Wildman–Crippen MR) is 54.9 cm³/mol. The van der Waals surface area contributed by atoms with Crippen molar-refractivity contribution in [1.82, 2.24) is 0 Å². The summed E-state index contributed by atoms with van der Waals surface area (Å²) >= 11 is 0. The van der Waals surface area contributed by atoms with E-state index in [4.69, 9.17) is 0 Å². The zero-order chi connectivity index (χ0) is 6.95. The first-order valence-electron chi connectivity index (χ1n) is 4.02. The second-order valence-corrected chi connectivity index (χ2v) is 2.49. The molecule has 0 unspecified atom stereocenters. The van der Waals surface area contributed by atoms with Gasteiger partial charge in [0.1, 0.15) is 0 Å². The Labute approximate surface area is 69.7 Å². The van der Waals surface area contributed by atoms with Crippen LogP contribution in [-0.4, -0.2) is 11.0 Å². The van der Waals surface area contributed by atoms with Crippen molar-refractivity contribution in [2.75, 3.05) is 0 Å². The highest BCUT2D eigenvalue weighted by atomic mass is 28.1. The second kappa shape index (κ2) is 11.7. The van der Waals surface area contributed by atoms with Gasteiger partial charge in [0.15, 0.2) is 0 Å². The van der Waals surface area contributed by atoms with Crippen LogP contribution in [0.2, 0.25) is 0 Å². The van der Waals surface area contributed by atoms with Crippen molar-refractivity contribution in [3.05, 3.63) is 12.7 Å². The summed E-state index contributed by atoms with van der Waals surface area (Å²) < 4.78 is 0. The van der Waals surface area contributed by atoms with Gasteiger partial charge in [0.05, 0.1) is 0 Å². The SMILES string of the molecule is C=CCCCCCCC.[SiH4]. The molecule has 0 aromatic carbocycles. The van der Waals surface area contributed by atoms with Crippen molar-refractivity contribution >= 4 is 11.0 Å². The molecule has 0 saturated heterocycles. The molecule has 0 rings (SSSR count). The molecule has 0 heterocycles. The summed E-state index contributed by atoms with van der Waals surface area (Å²) in [6.45, 7) is 5.92. The number of hydrogen-bond donors (Lipinski definition) is 0. The van der Waals surface area contributed by atoms with Gasteiger partial charge in [-0.3, -0.25) is 0 Å². The number of hydrogen-bond acceptors (Lipinski definition) is 0. The van der Waals surface area contributed by atoms with Crippen molar-refractivity contribution in [3.63, 3.8) is 0 Å². The fourth-order valence-electron chi connectivity index (χ4n) is 0.892. The lowest BCUT2D eigenvalue weighted by Crippen LogP contribution is -1.74. The van der Waals surface area contributed by atoms with Crippen molar-refractivity contribution in [2.24, 2.45) is 0 Å². The van der Waals surface area contributed by atoms with E-state index in [9.17, 15) is 0 Å². The molecule has 0 spiro atoms. The van der Waals surface area contributed by atoms with Crippen LogP contribution in [-0.2, 0) is 0 Å². The van der Waals surface area contributed by atoms with Crippen LogP contribution >= 0.6 is 0 Å². The average Bonchev–Trinajstić information content (AvgIpc) is 1.89. The van der Waals surface area contributed by atoms with E-state index in [-0.39, 0.29) is 11.0 Å². The van der Waals surface area contributed by atoms with E-state index in [1.165, 1.54) is 38.5 Å². The molecule has 0 N–H and O–H groups in total. The molecule has 0 aromatic heterocycles. The van der Waals surface area contributed by atoms with Gasteiger partial charge in [0.2, 0.25) is 0 Å². The number of allylic oxidation sites excluding steroid dienone is 1. The van der Waals surface area contributed by atoms with Crippen LogP contribution in [0.15, 0.2) is 12.7 Å². The summed E-state index contributed by atoms with van der Waals surface area (Å²) in [5, 5.41) is 0. The molecule has 0 bridgehead atoms. The molecule has 0 radical (unpaired) electrons. The molecule has 0 fully saturated rings. The Kier molecular flexibility index (Phi) is 14.8. The van der Waals surface area contributed by atoms with E-state index in [0.29, 0.717) is 0 Å². The van der Waals surface area contributed by atoms with Crippen LogP contribution in [0.4, 0.5) is 0 Å². The normalized spacial score (nSPS) is 8.50. The third-order valence-corrected chi connectivity index (χ3v) is 1.51. The van der Waals surface area contributed by atoms with E-state index >= 15 is 0 Å². The smallest absolute Gasteiger partial charge is 0.0149 e. The first kappa shape index (κ1) is 12.6. The highest BCUT2D eigenvalue weighted by Crippen LogP contribution is 2.04. The molecule has 10 heavy (non-hydrogen) atoms. The summed E-state index contributed by atoms with van der Waals surface area (Å²) in [6, 6.07) is 0. The minimum Gasteiger partial charge on any atom is -0.103 e. The minimum atomic E-state index is 0. The van der Waals surface area contributed by atoms with E-state index < -0.39 is 0 Å². The van der Waals surface area contributed by atoms with E-state index in [1.807, 2.05) is 6.08 Å². The zero-order valence-electron chi connectivity index (χ0n) is 6.53. The van der Waals surface area contributed by atoms with Crippen LogP contribution in [0.5, 0.6) is 0 Å². The van der Waals surface area contributed by atoms with Gasteiger partial charge < -0.3 is 0 Å². The lowest BCUT2D eigenvalue weighted by atomic mass is 10.1. The quantitative estimate of drug-likeness (QED) is 0.315. The minimum absolute atomic E-state index is 0. The topological polar surface area (TPSA) is 0 Å². The fraction of sp³-hybridized carbons (Fsp3) is 0.778. The Morgan fingerprint density at radius 3 is 2.20 bits per heavy atom. The molecular formula is C9H22Si. The fourth-order valence-corrected chi connectivity index (χ4v) is 0.892. The zero-order valence-corrected chi connectivity index (χ0v) is 6.53. The Bertz CT molecular complexity index is 59.7. The average molecular weight is 158 g/mol. The molecule has 0 atom stereocenters.